The second-order valence-corrected chi connectivity index (χ2v) is 11.4. The molecule has 3 aromatic carbocycles. The van der Waals surface area contributed by atoms with E-state index in [0.717, 1.165) is 43.2 Å². The molecule has 0 amide bonds. The molecule has 9 nitrogen and oxygen atoms in total. The molecule has 6 rings (SSSR count). The van der Waals surface area contributed by atoms with Crippen molar-refractivity contribution in [2.45, 2.75) is 44.5 Å². The van der Waals surface area contributed by atoms with Crippen LogP contribution in [0.15, 0.2) is 79.0 Å². The minimum Gasteiger partial charge on any atom is -0.490 e. The van der Waals surface area contributed by atoms with Crippen molar-refractivity contribution < 1.29 is 14.4 Å². The normalized spacial score (nSPS) is 17.1. The number of piperidine rings is 1. The van der Waals surface area contributed by atoms with Gasteiger partial charge in [0.2, 0.25) is 0 Å². The Balaban J connectivity index is 0.951. The van der Waals surface area contributed by atoms with Crippen LogP contribution in [-0.2, 0) is 13.1 Å². The average Bonchev–Trinajstić information content (AvgIpc) is 3.45. The van der Waals surface area contributed by atoms with E-state index >= 15 is 0 Å². The highest BCUT2D eigenvalue weighted by Crippen LogP contribution is 2.28. The molecular weight excluding hydrogens is 554 g/mol. The third-order valence-electron chi connectivity index (χ3n) is 8.17. The number of nitro groups is 1. The summed E-state index contributed by atoms with van der Waals surface area (Å²) in [6, 6.07) is 25.8. The molecule has 2 aliphatic heterocycles. The van der Waals surface area contributed by atoms with Gasteiger partial charge in [0.25, 0.3) is 0 Å². The van der Waals surface area contributed by atoms with Crippen molar-refractivity contribution in [2.24, 2.45) is 0 Å². The lowest BCUT2D eigenvalue weighted by Crippen LogP contribution is -2.43. The Morgan fingerprint density at radius 3 is 2.31 bits per heavy atom. The maximum absolute atomic E-state index is 11.0. The molecule has 4 aromatic rings. The van der Waals surface area contributed by atoms with Crippen molar-refractivity contribution in [2.75, 3.05) is 31.6 Å². The van der Waals surface area contributed by atoms with Crippen LogP contribution in [0.2, 0.25) is 5.02 Å². The molecule has 10 heteroatoms. The zero-order chi connectivity index (χ0) is 29.1. The molecule has 1 saturated heterocycles. The summed E-state index contributed by atoms with van der Waals surface area (Å²) in [5.41, 5.74) is 4.89. The van der Waals surface area contributed by atoms with E-state index < -0.39 is 4.92 Å². The predicted molar refractivity (Wildman–Crippen MR) is 163 cm³/mol. The number of hydrogen-bond donors (Lipinski definition) is 0. The van der Waals surface area contributed by atoms with Gasteiger partial charge in [-0.15, -0.1) is 0 Å². The van der Waals surface area contributed by atoms with Crippen molar-refractivity contribution in [1.29, 1.82) is 0 Å². The lowest BCUT2D eigenvalue weighted by Gasteiger charge is -2.38. The zero-order valence-electron chi connectivity index (χ0n) is 23.6. The van der Waals surface area contributed by atoms with E-state index in [4.69, 9.17) is 21.1 Å². The van der Waals surface area contributed by atoms with E-state index in [-0.39, 0.29) is 17.9 Å². The fourth-order valence-electron chi connectivity index (χ4n) is 5.71. The summed E-state index contributed by atoms with van der Waals surface area (Å²) in [5, 5.41) is 11.7. The second kappa shape index (κ2) is 12.4. The first kappa shape index (κ1) is 28.1. The lowest BCUT2D eigenvalue weighted by atomic mass is 10.0. The molecule has 0 saturated carbocycles. The van der Waals surface area contributed by atoms with Crippen LogP contribution in [0.5, 0.6) is 11.8 Å². The topological polar surface area (TPSA) is 85.9 Å². The average molecular weight is 588 g/mol. The summed E-state index contributed by atoms with van der Waals surface area (Å²) in [5.74, 6) is 0.581. The summed E-state index contributed by atoms with van der Waals surface area (Å²) < 4.78 is 13.4. The number of imidazole rings is 1. The highest BCUT2D eigenvalue weighted by atomic mass is 35.5. The van der Waals surface area contributed by atoms with Crippen molar-refractivity contribution in [3.05, 3.63) is 99.7 Å². The third kappa shape index (κ3) is 6.53. The highest BCUT2D eigenvalue weighted by molar-refractivity contribution is 6.30. The van der Waals surface area contributed by atoms with E-state index in [1.165, 1.54) is 28.6 Å². The Morgan fingerprint density at radius 1 is 0.976 bits per heavy atom. The number of anilines is 1. The number of benzene rings is 3. The Kier molecular flexibility index (Phi) is 8.30. The predicted octanol–water partition coefficient (Wildman–Crippen LogP) is 6.44. The Labute approximate surface area is 250 Å². The SMILES string of the molecule is CN(Cc1ccc(-c2ccc(Cl)cc2)cc1)C1CCN(c2ccc(OCC3CCn4cc([N+](=O)[O-])nc4O3)cc2)CC1. The summed E-state index contributed by atoms with van der Waals surface area (Å²) >= 11 is 6.03. The molecule has 1 fully saturated rings. The quantitative estimate of drug-likeness (QED) is 0.164. The molecule has 1 aromatic heterocycles. The molecule has 3 heterocycles. The first-order chi connectivity index (χ1) is 20.4. The summed E-state index contributed by atoms with van der Waals surface area (Å²) in [7, 11) is 2.23. The summed E-state index contributed by atoms with van der Waals surface area (Å²) in [6.07, 6.45) is 4.15. The maximum Gasteiger partial charge on any atom is 0.414 e. The van der Waals surface area contributed by atoms with Crippen LogP contribution in [0, 0.1) is 10.1 Å². The van der Waals surface area contributed by atoms with E-state index in [0.29, 0.717) is 25.6 Å². The van der Waals surface area contributed by atoms with E-state index in [9.17, 15) is 10.1 Å². The Bertz CT molecular complexity index is 1500. The molecule has 42 heavy (non-hydrogen) atoms. The molecule has 1 unspecified atom stereocenters. The van der Waals surface area contributed by atoms with E-state index in [1.807, 2.05) is 24.3 Å². The van der Waals surface area contributed by atoms with Crippen LogP contribution < -0.4 is 14.4 Å². The highest BCUT2D eigenvalue weighted by Gasteiger charge is 2.28. The molecule has 0 spiro atoms. The van der Waals surface area contributed by atoms with Crippen LogP contribution >= 0.6 is 11.6 Å². The fraction of sp³-hybridized carbons (Fsp3) is 0.344. The second-order valence-electron chi connectivity index (χ2n) is 11.0. The minimum absolute atomic E-state index is 0.196. The number of ether oxygens (including phenoxy) is 2. The minimum atomic E-state index is -0.508. The molecule has 2 aliphatic rings. The van der Waals surface area contributed by atoms with Gasteiger partial charge >= 0.3 is 11.8 Å². The Hall–Kier alpha value is -4.08. The third-order valence-corrected chi connectivity index (χ3v) is 8.42. The molecule has 0 N–H and O–H groups in total. The number of nitrogens with zero attached hydrogens (tertiary/aromatic N) is 5. The number of fused-ring (bicyclic) bond motifs is 1. The van der Waals surface area contributed by atoms with Gasteiger partial charge in [-0.2, -0.15) is 0 Å². The Morgan fingerprint density at radius 2 is 1.64 bits per heavy atom. The van der Waals surface area contributed by atoms with Crippen LogP contribution in [0.1, 0.15) is 24.8 Å². The molecule has 218 valence electrons. The number of rotatable bonds is 9. The van der Waals surface area contributed by atoms with Gasteiger partial charge in [0, 0.05) is 54.3 Å². The van der Waals surface area contributed by atoms with Crippen LogP contribution in [0.25, 0.3) is 11.1 Å². The monoisotopic (exact) mass is 587 g/mol. The standard InChI is InChI=1S/C32H34ClN5O4/c1-35(20-23-2-4-24(5-3-23)25-6-8-26(33)9-7-25)27-14-17-36(18-15-27)28-10-12-29(13-11-28)41-22-30-16-19-37-21-31(38(39)40)34-32(37)42-30/h2-13,21,27,30H,14-20,22H2,1H3. The van der Waals surface area contributed by atoms with E-state index in [2.05, 4.69) is 70.4 Å². The van der Waals surface area contributed by atoms with Gasteiger partial charge < -0.3 is 24.5 Å². The van der Waals surface area contributed by atoms with Crippen molar-refractivity contribution in [3.8, 4) is 22.9 Å². The molecule has 0 aliphatic carbocycles. The smallest absolute Gasteiger partial charge is 0.414 e. The van der Waals surface area contributed by atoms with Crippen LogP contribution in [0.3, 0.4) is 0 Å². The number of halogens is 1. The molecule has 1 atom stereocenters. The van der Waals surface area contributed by atoms with Crippen molar-refractivity contribution >= 4 is 23.1 Å². The van der Waals surface area contributed by atoms with Gasteiger partial charge in [-0.3, -0.25) is 9.47 Å². The van der Waals surface area contributed by atoms with Gasteiger partial charge in [-0.25, -0.2) is 0 Å². The molecule has 0 radical (unpaired) electrons. The molecular formula is C32H34ClN5O4. The number of aromatic nitrogens is 2. The summed E-state index contributed by atoms with van der Waals surface area (Å²) in [4.78, 5) is 19.3. The number of hydrogen-bond acceptors (Lipinski definition) is 7. The maximum atomic E-state index is 11.0. The zero-order valence-corrected chi connectivity index (χ0v) is 24.3. The lowest BCUT2D eigenvalue weighted by molar-refractivity contribution is -0.389. The van der Waals surface area contributed by atoms with Crippen molar-refractivity contribution in [3.63, 3.8) is 0 Å². The van der Waals surface area contributed by atoms with Gasteiger partial charge in [-0.1, -0.05) is 48.0 Å². The largest absolute Gasteiger partial charge is 0.490 e. The first-order valence-electron chi connectivity index (χ1n) is 14.3. The first-order valence-corrected chi connectivity index (χ1v) is 14.7. The van der Waals surface area contributed by atoms with Gasteiger partial charge in [0.15, 0.2) is 0 Å². The van der Waals surface area contributed by atoms with Crippen molar-refractivity contribution in [1.82, 2.24) is 14.5 Å². The van der Waals surface area contributed by atoms with Crippen LogP contribution in [0.4, 0.5) is 11.5 Å². The van der Waals surface area contributed by atoms with Gasteiger partial charge in [-0.05, 0) is 77.9 Å². The molecule has 0 bridgehead atoms. The van der Waals surface area contributed by atoms with Crippen LogP contribution in [-0.4, -0.2) is 58.3 Å². The van der Waals surface area contributed by atoms with Gasteiger partial charge in [0.05, 0.1) is 0 Å². The van der Waals surface area contributed by atoms with Gasteiger partial charge in [0.1, 0.15) is 24.7 Å². The van der Waals surface area contributed by atoms with E-state index in [1.54, 1.807) is 4.57 Å². The fourth-order valence-corrected chi connectivity index (χ4v) is 5.83. The number of aryl methyl sites for hydroxylation is 1. The summed E-state index contributed by atoms with van der Waals surface area (Å²) in [6.45, 7) is 3.94.